The third kappa shape index (κ3) is 7.15. The third-order valence-electron chi connectivity index (χ3n) is 3.00. The van der Waals surface area contributed by atoms with Gasteiger partial charge < -0.3 is 15.2 Å². The van der Waals surface area contributed by atoms with Crippen LogP contribution in [-0.4, -0.2) is 30.6 Å². The van der Waals surface area contributed by atoms with E-state index < -0.39 is 5.97 Å². The molecule has 0 saturated carbocycles. The lowest BCUT2D eigenvalue weighted by Crippen LogP contribution is -2.26. The van der Waals surface area contributed by atoms with Crippen molar-refractivity contribution in [3.63, 3.8) is 0 Å². The monoisotopic (exact) mass is 291 g/mol. The van der Waals surface area contributed by atoms with Gasteiger partial charge in [-0.25, -0.2) is 0 Å². The second kappa shape index (κ2) is 8.79. The molecule has 1 aromatic carbocycles. The molecule has 1 unspecified atom stereocenters. The van der Waals surface area contributed by atoms with Crippen LogP contribution in [0.15, 0.2) is 30.3 Å². The van der Waals surface area contributed by atoms with Crippen molar-refractivity contribution in [1.82, 2.24) is 5.32 Å². The van der Waals surface area contributed by atoms with Gasteiger partial charge in [0.2, 0.25) is 5.91 Å². The summed E-state index contributed by atoms with van der Waals surface area (Å²) < 4.78 is 5.10. The molecule has 0 spiro atoms. The second-order valence-electron chi connectivity index (χ2n) is 4.89. The number of carbonyl (C=O) groups excluding carboxylic acids is 1. The minimum atomic E-state index is -0.814. The Bertz CT molecular complexity index is 511. The molecule has 5 heteroatoms. The highest BCUT2D eigenvalue weighted by atomic mass is 16.5. The van der Waals surface area contributed by atoms with E-state index in [4.69, 9.17) is 9.84 Å². The van der Waals surface area contributed by atoms with E-state index in [0.717, 1.165) is 11.3 Å². The van der Waals surface area contributed by atoms with Crippen LogP contribution in [0.3, 0.4) is 0 Å². The Morgan fingerprint density at radius 3 is 2.86 bits per heavy atom. The maximum atomic E-state index is 11.7. The third-order valence-corrected chi connectivity index (χ3v) is 3.00. The Hall–Kier alpha value is -2.30. The van der Waals surface area contributed by atoms with Gasteiger partial charge >= 0.3 is 5.97 Å². The van der Waals surface area contributed by atoms with Crippen LogP contribution in [0.1, 0.15) is 25.3 Å². The Balaban J connectivity index is 2.38. The topological polar surface area (TPSA) is 75.6 Å². The fourth-order valence-corrected chi connectivity index (χ4v) is 1.72. The molecule has 114 valence electrons. The fraction of sp³-hybridized carbons (Fsp3) is 0.375. The largest absolute Gasteiger partial charge is 0.497 e. The highest BCUT2D eigenvalue weighted by Gasteiger charge is 2.06. The molecule has 0 bridgehead atoms. The SMILES string of the molecule is COc1cccc(/C=C/C(=O)NCC(C)CCC(=O)O)c1. The minimum absolute atomic E-state index is 0.122. The molecular weight excluding hydrogens is 270 g/mol. The molecule has 0 aliphatic heterocycles. The highest BCUT2D eigenvalue weighted by Crippen LogP contribution is 2.13. The first-order chi connectivity index (χ1) is 10.0. The van der Waals surface area contributed by atoms with Gasteiger partial charge in [0.1, 0.15) is 5.75 Å². The normalized spacial score (nSPS) is 12.1. The van der Waals surface area contributed by atoms with E-state index in [2.05, 4.69) is 5.32 Å². The van der Waals surface area contributed by atoms with E-state index in [-0.39, 0.29) is 18.2 Å². The fourth-order valence-electron chi connectivity index (χ4n) is 1.72. The molecule has 1 aromatic rings. The summed E-state index contributed by atoms with van der Waals surface area (Å²) in [5.41, 5.74) is 0.878. The molecule has 0 heterocycles. The molecule has 0 saturated heterocycles. The average Bonchev–Trinajstić information content (AvgIpc) is 2.49. The molecule has 2 N–H and O–H groups in total. The first kappa shape index (κ1) is 16.8. The zero-order valence-corrected chi connectivity index (χ0v) is 12.3. The molecule has 1 atom stereocenters. The number of methoxy groups -OCH3 is 1. The maximum Gasteiger partial charge on any atom is 0.303 e. The number of aliphatic carboxylic acids is 1. The van der Waals surface area contributed by atoms with E-state index in [9.17, 15) is 9.59 Å². The molecule has 21 heavy (non-hydrogen) atoms. The first-order valence-electron chi connectivity index (χ1n) is 6.83. The van der Waals surface area contributed by atoms with Gasteiger partial charge in [-0.05, 0) is 36.1 Å². The number of carboxylic acid groups (broad SMARTS) is 1. The van der Waals surface area contributed by atoms with Gasteiger partial charge in [0, 0.05) is 19.0 Å². The summed E-state index contributed by atoms with van der Waals surface area (Å²) in [6.07, 6.45) is 3.84. The van der Waals surface area contributed by atoms with Crippen LogP contribution in [0.4, 0.5) is 0 Å². The first-order valence-corrected chi connectivity index (χ1v) is 6.83. The molecule has 5 nitrogen and oxygen atoms in total. The van der Waals surface area contributed by atoms with Crippen LogP contribution >= 0.6 is 0 Å². The minimum Gasteiger partial charge on any atom is -0.497 e. The summed E-state index contributed by atoms with van der Waals surface area (Å²) in [5.74, 6) is -0.138. The van der Waals surface area contributed by atoms with Crippen LogP contribution in [0, 0.1) is 5.92 Å². The quantitative estimate of drug-likeness (QED) is 0.721. The Labute approximate surface area is 124 Å². The number of nitrogens with one attached hydrogen (secondary N) is 1. The van der Waals surface area contributed by atoms with Crippen molar-refractivity contribution in [2.45, 2.75) is 19.8 Å². The lowest BCUT2D eigenvalue weighted by atomic mass is 10.1. The van der Waals surface area contributed by atoms with Gasteiger partial charge in [-0.1, -0.05) is 19.1 Å². The summed E-state index contributed by atoms with van der Waals surface area (Å²) in [4.78, 5) is 22.1. The van der Waals surface area contributed by atoms with Crippen molar-refractivity contribution < 1.29 is 19.4 Å². The predicted molar refractivity (Wildman–Crippen MR) is 81.1 cm³/mol. The van der Waals surface area contributed by atoms with E-state index in [0.29, 0.717) is 13.0 Å². The van der Waals surface area contributed by atoms with E-state index in [1.54, 1.807) is 13.2 Å². The van der Waals surface area contributed by atoms with Crippen LogP contribution in [-0.2, 0) is 9.59 Å². The molecule has 0 aliphatic carbocycles. The summed E-state index contributed by atoms with van der Waals surface area (Å²) >= 11 is 0. The lowest BCUT2D eigenvalue weighted by molar-refractivity contribution is -0.137. The van der Waals surface area contributed by atoms with Crippen LogP contribution in [0.5, 0.6) is 5.75 Å². The van der Waals surface area contributed by atoms with Gasteiger partial charge in [-0.2, -0.15) is 0 Å². The van der Waals surface area contributed by atoms with Crippen molar-refractivity contribution in [3.05, 3.63) is 35.9 Å². The Kier molecular flexibility index (Phi) is 7.01. The summed E-state index contributed by atoms with van der Waals surface area (Å²) in [6, 6.07) is 7.40. The smallest absolute Gasteiger partial charge is 0.303 e. The number of ether oxygens (including phenoxy) is 1. The molecule has 0 radical (unpaired) electrons. The summed E-state index contributed by atoms with van der Waals surface area (Å²) in [7, 11) is 1.59. The molecule has 0 aliphatic rings. The number of rotatable bonds is 8. The van der Waals surface area contributed by atoms with Crippen molar-refractivity contribution in [1.29, 1.82) is 0 Å². The lowest BCUT2D eigenvalue weighted by Gasteiger charge is -2.09. The number of hydrogen-bond donors (Lipinski definition) is 2. The number of benzene rings is 1. The predicted octanol–water partition coefficient (Wildman–Crippen LogP) is 2.33. The number of hydrogen-bond acceptors (Lipinski definition) is 3. The van der Waals surface area contributed by atoms with Gasteiger partial charge in [-0.15, -0.1) is 0 Å². The van der Waals surface area contributed by atoms with Gasteiger partial charge in [0.05, 0.1) is 7.11 Å². The molecule has 0 aromatic heterocycles. The number of amides is 1. The van der Waals surface area contributed by atoms with Crippen LogP contribution < -0.4 is 10.1 Å². The van der Waals surface area contributed by atoms with Crippen LogP contribution in [0.2, 0.25) is 0 Å². The number of carboxylic acids is 1. The van der Waals surface area contributed by atoms with Crippen molar-refractivity contribution in [2.75, 3.05) is 13.7 Å². The molecule has 0 fully saturated rings. The Morgan fingerprint density at radius 1 is 1.43 bits per heavy atom. The van der Waals surface area contributed by atoms with Crippen molar-refractivity contribution in [3.8, 4) is 5.75 Å². The van der Waals surface area contributed by atoms with E-state index in [1.807, 2.05) is 31.2 Å². The Morgan fingerprint density at radius 2 is 2.19 bits per heavy atom. The summed E-state index contributed by atoms with van der Waals surface area (Å²) in [6.45, 7) is 2.38. The maximum absolute atomic E-state index is 11.7. The number of carbonyl (C=O) groups is 2. The van der Waals surface area contributed by atoms with Gasteiger partial charge in [0.25, 0.3) is 0 Å². The second-order valence-corrected chi connectivity index (χ2v) is 4.89. The highest BCUT2D eigenvalue weighted by molar-refractivity contribution is 5.91. The molecular formula is C16H21NO4. The zero-order chi connectivity index (χ0) is 15.7. The average molecular weight is 291 g/mol. The standard InChI is InChI=1S/C16H21NO4/c1-12(6-9-16(19)20)11-17-15(18)8-7-13-4-3-5-14(10-13)21-2/h3-5,7-8,10,12H,6,9,11H2,1-2H3,(H,17,18)(H,19,20)/b8-7+. The van der Waals surface area contributed by atoms with E-state index in [1.165, 1.54) is 6.08 Å². The van der Waals surface area contributed by atoms with Gasteiger partial charge in [0.15, 0.2) is 0 Å². The molecule has 1 amide bonds. The van der Waals surface area contributed by atoms with E-state index >= 15 is 0 Å². The van der Waals surface area contributed by atoms with Crippen LogP contribution in [0.25, 0.3) is 6.08 Å². The summed E-state index contributed by atoms with van der Waals surface area (Å²) in [5, 5.41) is 11.3. The van der Waals surface area contributed by atoms with Crippen molar-refractivity contribution in [2.24, 2.45) is 5.92 Å². The molecule has 1 rings (SSSR count). The zero-order valence-electron chi connectivity index (χ0n) is 12.3. The van der Waals surface area contributed by atoms with Crippen molar-refractivity contribution >= 4 is 18.0 Å². The van der Waals surface area contributed by atoms with Gasteiger partial charge in [-0.3, -0.25) is 9.59 Å².